The average molecular weight is 480 g/mol. The Kier molecular flexibility index (Phi) is 7.61. The fraction of sp³-hybridized carbons (Fsp3) is 0.542. The summed E-state index contributed by atoms with van der Waals surface area (Å²) in [4.78, 5) is 6.18. The average Bonchev–Trinajstić information content (AvgIpc) is 3.19. The van der Waals surface area contributed by atoms with Crippen LogP contribution in [0.1, 0.15) is 55.6 Å². The van der Waals surface area contributed by atoms with Crippen LogP contribution in [0.2, 0.25) is 0 Å². The van der Waals surface area contributed by atoms with E-state index in [1.54, 1.807) is 0 Å². The van der Waals surface area contributed by atoms with E-state index < -0.39 is 16.4 Å². The fourth-order valence-corrected chi connectivity index (χ4v) is 5.83. The number of halogens is 2. The molecular weight excluding hydrogens is 448 g/mol. The van der Waals surface area contributed by atoms with E-state index in [9.17, 15) is 17.2 Å². The summed E-state index contributed by atoms with van der Waals surface area (Å²) in [5.41, 5.74) is 1.26. The summed E-state index contributed by atoms with van der Waals surface area (Å²) in [6, 6.07) is 12.5. The lowest BCUT2D eigenvalue weighted by Gasteiger charge is -2.33. The van der Waals surface area contributed by atoms with Crippen LogP contribution in [0.4, 0.5) is 14.6 Å². The number of aromatic nitrogens is 1. The molecule has 2 aliphatic rings. The smallest absolute Gasteiger partial charge is 0.264 e. The fourth-order valence-electron chi connectivity index (χ4n) is 5.01. The maximum absolute atomic E-state index is 13.2. The minimum absolute atomic E-state index is 0.0987. The van der Waals surface area contributed by atoms with Crippen LogP contribution in [0.3, 0.4) is 0 Å². The van der Waals surface area contributed by atoms with Gasteiger partial charge in [-0.2, -0.15) is 0 Å². The maximum Gasteiger partial charge on any atom is 0.264 e. The second kappa shape index (κ2) is 10.4. The van der Waals surface area contributed by atoms with Gasteiger partial charge in [-0.3, -0.25) is 0 Å². The Labute approximate surface area is 194 Å². The van der Waals surface area contributed by atoms with Crippen LogP contribution in [-0.4, -0.2) is 51.0 Å². The first-order valence-corrected chi connectivity index (χ1v) is 13.3. The Morgan fingerprint density at radius 2 is 1.85 bits per heavy atom. The Balaban J connectivity index is 1.42. The number of pyridine rings is 1. The molecule has 2 aromatic rings. The van der Waals surface area contributed by atoms with E-state index in [1.807, 2.05) is 11.0 Å². The van der Waals surface area contributed by atoms with Crippen molar-refractivity contribution in [3.63, 3.8) is 0 Å². The van der Waals surface area contributed by atoms with E-state index in [0.717, 1.165) is 31.9 Å². The zero-order valence-corrected chi connectivity index (χ0v) is 19.6. The molecule has 4 rings (SSSR count). The Morgan fingerprint density at radius 3 is 2.52 bits per heavy atom. The highest BCUT2D eigenvalue weighted by Crippen LogP contribution is 2.35. The second-order valence-electron chi connectivity index (χ2n) is 9.01. The summed E-state index contributed by atoms with van der Waals surface area (Å²) < 4.78 is 59.2. The van der Waals surface area contributed by atoms with Gasteiger partial charge in [-0.05, 0) is 55.7 Å². The Bertz CT molecular complexity index is 1010. The first kappa shape index (κ1) is 24.0. The highest BCUT2D eigenvalue weighted by Gasteiger charge is 2.37. The molecule has 2 fully saturated rings. The third-order valence-electron chi connectivity index (χ3n) is 6.67. The van der Waals surface area contributed by atoms with Gasteiger partial charge in [0.1, 0.15) is 5.82 Å². The third kappa shape index (κ3) is 6.28. The van der Waals surface area contributed by atoms with Gasteiger partial charge in [-0.15, -0.1) is 0 Å². The van der Waals surface area contributed by atoms with Crippen molar-refractivity contribution >= 4 is 15.8 Å². The van der Waals surface area contributed by atoms with Crippen LogP contribution in [0.25, 0.3) is 0 Å². The Morgan fingerprint density at radius 1 is 1.12 bits per heavy atom. The van der Waals surface area contributed by atoms with Crippen molar-refractivity contribution in [2.24, 2.45) is 0 Å². The second-order valence-corrected chi connectivity index (χ2v) is 10.8. The monoisotopic (exact) mass is 479 g/mol. The van der Waals surface area contributed by atoms with Crippen molar-refractivity contribution in [2.45, 2.75) is 62.6 Å². The largest absolute Gasteiger partial charge is 0.376 e. The molecule has 0 unspecified atom stereocenters. The first-order valence-electron chi connectivity index (χ1n) is 11.4. The number of alkyl halides is 2. The first-order chi connectivity index (χ1) is 15.8. The zero-order chi connectivity index (χ0) is 23.4. The van der Waals surface area contributed by atoms with Crippen LogP contribution in [0.5, 0.6) is 0 Å². The van der Waals surface area contributed by atoms with Gasteiger partial charge in [0.2, 0.25) is 10.0 Å². The van der Waals surface area contributed by atoms with Crippen LogP contribution < -0.4 is 9.62 Å². The highest BCUT2D eigenvalue weighted by atomic mass is 32.2. The molecule has 0 spiro atoms. The summed E-state index contributed by atoms with van der Waals surface area (Å²) >= 11 is 0. The molecule has 2 heterocycles. The molecule has 1 aliphatic heterocycles. The van der Waals surface area contributed by atoms with Gasteiger partial charge < -0.3 is 9.64 Å². The lowest BCUT2D eigenvalue weighted by molar-refractivity contribution is 0.0156. The van der Waals surface area contributed by atoms with Crippen molar-refractivity contribution in [2.75, 3.05) is 24.3 Å². The van der Waals surface area contributed by atoms with Gasteiger partial charge >= 0.3 is 0 Å². The van der Waals surface area contributed by atoms with Crippen LogP contribution in [-0.2, 0) is 14.8 Å². The maximum atomic E-state index is 13.2. The van der Waals surface area contributed by atoms with Gasteiger partial charge in [0.15, 0.2) is 0 Å². The molecule has 0 amide bonds. The topological polar surface area (TPSA) is 71.5 Å². The van der Waals surface area contributed by atoms with Crippen LogP contribution in [0.15, 0.2) is 48.7 Å². The van der Waals surface area contributed by atoms with E-state index in [0.29, 0.717) is 31.3 Å². The van der Waals surface area contributed by atoms with E-state index in [2.05, 4.69) is 34.0 Å². The number of hydrogen-bond donors (Lipinski definition) is 1. The summed E-state index contributed by atoms with van der Waals surface area (Å²) in [5.74, 6) is 0.960. The summed E-state index contributed by atoms with van der Waals surface area (Å²) in [6.45, 7) is 0.829. The minimum atomic E-state index is -3.42. The molecule has 6 nitrogen and oxygen atoms in total. The van der Waals surface area contributed by atoms with E-state index in [-0.39, 0.29) is 23.8 Å². The molecule has 1 aromatic heterocycles. The van der Waals surface area contributed by atoms with E-state index >= 15 is 0 Å². The molecule has 33 heavy (non-hydrogen) atoms. The normalized spacial score (nSPS) is 26.1. The van der Waals surface area contributed by atoms with Crippen LogP contribution in [0, 0.1) is 0 Å². The van der Waals surface area contributed by atoms with Gasteiger partial charge in [-0.1, -0.05) is 30.3 Å². The SMILES string of the molecule is CS(=O)(=O)N[C@H]1CCN(c2cc(C(F)F)ccn2)[C@H]1COC1CCC(c2ccccc2)CC1. The number of nitrogens with zero attached hydrogens (tertiary/aromatic N) is 2. The third-order valence-corrected chi connectivity index (χ3v) is 7.41. The van der Waals surface area contributed by atoms with Gasteiger partial charge in [0.05, 0.1) is 25.0 Å². The van der Waals surface area contributed by atoms with Gasteiger partial charge in [0.25, 0.3) is 6.43 Å². The van der Waals surface area contributed by atoms with Crippen molar-refractivity contribution in [1.82, 2.24) is 9.71 Å². The number of benzene rings is 1. The van der Waals surface area contributed by atoms with Crippen LogP contribution >= 0.6 is 0 Å². The lowest BCUT2D eigenvalue weighted by atomic mass is 9.83. The molecule has 0 bridgehead atoms. The molecule has 2 atom stereocenters. The number of sulfonamides is 1. The molecule has 1 saturated carbocycles. The number of rotatable bonds is 8. The summed E-state index contributed by atoms with van der Waals surface area (Å²) in [6.07, 6.45) is 4.55. The molecule has 180 valence electrons. The molecule has 1 aromatic carbocycles. The van der Waals surface area contributed by atoms with Crippen molar-refractivity contribution < 1.29 is 21.9 Å². The quantitative estimate of drug-likeness (QED) is 0.613. The molecule has 1 saturated heterocycles. The molecule has 1 N–H and O–H groups in total. The van der Waals surface area contributed by atoms with Crippen molar-refractivity contribution in [3.8, 4) is 0 Å². The Hall–Kier alpha value is -2.10. The highest BCUT2D eigenvalue weighted by molar-refractivity contribution is 7.88. The van der Waals surface area contributed by atoms with Gasteiger partial charge in [0, 0.05) is 24.3 Å². The van der Waals surface area contributed by atoms with Crippen molar-refractivity contribution in [1.29, 1.82) is 0 Å². The number of hydrogen-bond acceptors (Lipinski definition) is 5. The molecular formula is C24H31F2N3O3S. The predicted molar refractivity (Wildman–Crippen MR) is 124 cm³/mol. The minimum Gasteiger partial charge on any atom is -0.376 e. The van der Waals surface area contributed by atoms with E-state index in [1.165, 1.54) is 23.9 Å². The van der Waals surface area contributed by atoms with Gasteiger partial charge in [-0.25, -0.2) is 26.9 Å². The summed E-state index contributed by atoms with van der Waals surface area (Å²) in [5, 5.41) is 0. The lowest BCUT2D eigenvalue weighted by Crippen LogP contribution is -2.48. The standard InChI is InChI=1S/C24H31F2N3O3S/c1-33(30,31)28-21-12-14-29(23-15-19(24(25)26)11-13-27-23)22(21)16-32-20-9-7-18(8-10-20)17-5-3-2-4-6-17/h2-6,11,13,15,18,20-22,24,28H,7-10,12,14,16H2,1H3/t18?,20?,21-,22-/m0/s1. The van der Waals surface area contributed by atoms with E-state index in [4.69, 9.17) is 4.74 Å². The predicted octanol–water partition coefficient (Wildman–Crippen LogP) is 4.26. The zero-order valence-electron chi connectivity index (χ0n) is 18.7. The van der Waals surface area contributed by atoms with Crippen molar-refractivity contribution in [3.05, 3.63) is 59.8 Å². The summed E-state index contributed by atoms with van der Waals surface area (Å²) in [7, 11) is -3.42. The number of anilines is 1. The number of nitrogens with one attached hydrogen (secondary N) is 1. The molecule has 0 radical (unpaired) electrons. The molecule has 9 heteroatoms. The number of ether oxygens (including phenoxy) is 1. The molecule has 1 aliphatic carbocycles.